The number of carbonyl (C=O) groups excluding carboxylic acids is 3. The van der Waals surface area contributed by atoms with Crippen molar-refractivity contribution in [2.75, 3.05) is 11.9 Å². The Hall–Kier alpha value is -3.25. The topological polar surface area (TPSA) is 285 Å². The van der Waals surface area contributed by atoms with Gasteiger partial charge in [0, 0.05) is 18.4 Å². The highest BCUT2D eigenvalue weighted by Gasteiger charge is 2.47. The van der Waals surface area contributed by atoms with Crippen molar-refractivity contribution < 1.29 is 70.3 Å². The number of phosphoric ester groups is 1. The maximum Gasteiger partial charge on any atom is 0.490 e. The van der Waals surface area contributed by atoms with Gasteiger partial charge >= 0.3 is 29.4 Å². The number of benzene rings is 1. The molecule has 3 heterocycles. The summed E-state index contributed by atoms with van der Waals surface area (Å²) in [7, 11) is -17.1. The lowest BCUT2D eigenvalue weighted by molar-refractivity contribution is -0.150. The van der Waals surface area contributed by atoms with Crippen LogP contribution in [0.4, 0.5) is 5.82 Å². The van der Waals surface area contributed by atoms with Gasteiger partial charge in [0.2, 0.25) is 0 Å². The number of esters is 1. The van der Waals surface area contributed by atoms with Crippen LogP contribution in [0.2, 0.25) is 0 Å². The molecule has 2 aromatic heterocycles. The fourth-order valence-corrected chi connectivity index (χ4v) is 7.27. The van der Waals surface area contributed by atoms with Crippen LogP contribution in [0.25, 0.3) is 11.2 Å². The van der Waals surface area contributed by atoms with Crippen molar-refractivity contribution >= 4 is 58.1 Å². The van der Waals surface area contributed by atoms with Gasteiger partial charge < -0.3 is 39.2 Å². The molecule has 0 saturated carbocycles. The summed E-state index contributed by atoms with van der Waals surface area (Å²) < 4.78 is 60.2. The Kier molecular flexibility index (Phi) is 10.8. The van der Waals surface area contributed by atoms with E-state index in [9.17, 15) is 37.9 Å². The first-order valence-electron chi connectivity index (χ1n) is 12.7. The second-order valence-corrected chi connectivity index (χ2v) is 13.7. The first-order valence-corrected chi connectivity index (χ1v) is 17.2. The summed E-state index contributed by atoms with van der Waals surface area (Å²) in [4.78, 5) is 85.5. The molecule has 1 amide bonds. The van der Waals surface area contributed by atoms with Crippen molar-refractivity contribution in [1.29, 1.82) is 0 Å². The van der Waals surface area contributed by atoms with Gasteiger partial charge in [0.1, 0.15) is 37.2 Å². The number of nitrogens with zero attached hydrogens (tertiary/aromatic N) is 4. The van der Waals surface area contributed by atoms with Crippen molar-refractivity contribution in [2.24, 2.45) is 0 Å². The summed E-state index contributed by atoms with van der Waals surface area (Å²) >= 11 is 0. The number of rotatable bonds is 14. The van der Waals surface area contributed by atoms with Crippen LogP contribution in [0, 0.1) is 0 Å². The van der Waals surface area contributed by atoms with E-state index in [1.54, 1.807) is 30.3 Å². The first kappa shape index (κ1) is 34.6. The predicted octanol–water partition coefficient (Wildman–Crippen LogP) is 1.99. The molecule has 1 fully saturated rings. The number of hydrogen-bond donors (Lipinski definition) is 5. The third-order valence-electron chi connectivity index (χ3n) is 5.89. The van der Waals surface area contributed by atoms with Crippen LogP contribution >= 0.6 is 23.5 Å². The minimum absolute atomic E-state index is 0.0476. The fourth-order valence-electron chi connectivity index (χ4n) is 4.05. The smallest absolute Gasteiger partial charge is 0.463 e. The zero-order valence-electron chi connectivity index (χ0n) is 23.0. The van der Waals surface area contributed by atoms with Gasteiger partial charge in [0.05, 0.1) is 12.7 Å². The number of ether oxygens (including phenoxy) is 2. The third kappa shape index (κ3) is 9.87. The number of phosphoric acid groups is 3. The Labute approximate surface area is 253 Å². The Balaban J connectivity index is 1.55. The minimum Gasteiger partial charge on any atom is -0.463 e. The lowest BCUT2D eigenvalue weighted by Crippen LogP contribution is -2.30. The number of ketones is 1. The van der Waals surface area contributed by atoms with Crippen LogP contribution in [-0.2, 0) is 45.9 Å². The molecule has 20 nitrogen and oxygen atoms in total. The second-order valence-electron chi connectivity index (χ2n) is 9.35. The molecular formula is C22H26N5O15P3. The van der Waals surface area contributed by atoms with Gasteiger partial charge in [-0.25, -0.2) is 28.6 Å². The molecule has 4 rings (SSSR count). The average molecular weight is 693 g/mol. The summed E-state index contributed by atoms with van der Waals surface area (Å²) in [5.74, 6) is -1.52. The molecule has 5 N–H and O–H groups in total. The zero-order chi connectivity index (χ0) is 33.0. The largest absolute Gasteiger partial charge is 0.490 e. The fraction of sp³-hybridized carbons (Fsp3) is 0.364. The van der Waals surface area contributed by atoms with Gasteiger partial charge in [0.15, 0.2) is 17.0 Å². The summed E-state index contributed by atoms with van der Waals surface area (Å²) in [6, 6.07) is 8.26. The summed E-state index contributed by atoms with van der Waals surface area (Å²) in [5, 5.41) is 2.63. The Bertz CT molecular complexity index is 1710. The number of Topliss-reactive ketones (excluding diaryl/α,β-unsaturated/α-hetero) is 1. The molecule has 1 saturated heterocycles. The van der Waals surface area contributed by atoms with Gasteiger partial charge in [-0.15, -0.1) is 0 Å². The highest BCUT2D eigenvalue weighted by Crippen LogP contribution is 2.67. The second kappa shape index (κ2) is 14.0. The number of amides is 1. The zero-order valence-corrected chi connectivity index (χ0v) is 25.7. The molecule has 45 heavy (non-hydrogen) atoms. The highest BCUT2D eigenvalue weighted by molar-refractivity contribution is 7.66. The van der Waals surface area contributed by atoms with Crippen LogP contribution in [0.5, 0.6) is 0 Å². The van der Waals surface area contributed by atoms with E-state index in [4.69, 9.17) is 23.8 Å². The van der Waals surface area contributed by atoms with Gasteiger partial charge in [-0.05, 0) is 19.1 Å². The quantitative estimate of drug-likeness (QED) is 0.119. The Morgan fingerprint density at radius 2 is 1.71 bits per heavy atom. The lowest BCUT2D eigenvalue weighted by Gasteiger charge is -2.22. The number of fused-ring (bicyclic) bond motifs is 1. The Morgan fingerprint density at radius 1 is 1.00 bits per heavy atom. The number of imidazole rings is 1. The van der Waals surface area contributed by atoms with E-state index >= 15 is 0 Å². The molecule has 5 atom stereocenters. The predicted molar refractivity (Wildman–Crippen MR) is 148 cm³/mol. The maximum atomic E-state index is 12.7. The summed E-state index contributed by atoms with van der Waals surface area (Å²) in [6.45, 7) is 0.682. The van der Waals surface area contributed by atoms with Gasteiger partial charge in [-0.1, -0.05) is 18.2 Å². The van der Waals surface area contributed by atoms with Crippen LogP contribution in [0.3, 0.4) is 0 Å². The van der Waals surface area contributed by atoms with E-state index in [0.29, 0.717) is 5.56 Å². The molecule has 3 aromatic rings. The summed E-state index contributed by atoms with van der Waals surface area (Å²) in [5.41, 5.74) is 0.612. The molecule has 0 bridgehead atoms. The molecule has 1 aromatic carbocycles. The number of carbonyl (C=O) groups is 3. The van der Waals surface area contributed by atoms with Crippen LogP contribution < -0.4 is 5.32 Å². The van der Waals surface area contributed by atoms with Crippen LogP contribution in [0.15, 0.2) is 43.0 Å². The minimum atomic E-state index is -5.82. The SMILES string of the molecule is CC(=O)CCC(=O)OC[C@H]1O[C@@H](n2cnc3c(NC(=O)c4ccccc4)ncnc32)C[C@@H]1OP(=O)(O)OP(=O)(O)OP(=O)(O)O. The van der Waals surface area contributed by atoms with E-state index in [0.717, 1.165) is 6.33 Å². The molecule has 2 unspecified atom stereocenters. The van der Waals surface area contributed by atoms with Crippen molar-refractivity contribution in [1.82, 2.24) is 19.5 Å². The molecule has 0 radical (unpaired) electrons. The van der Waals surface area contributed by atoms with Crippen molar-refractivity contribution in [3.05, 3.63) is 48.5 Å². The molecule has 1 aliphatic heterocycles. The van der Waals surface area contributed by atoms with E-state index in [-0.39, 0.29) is 42.0 Å². The summed E-state index contributed by atoms with van der Waals surface area (Å²) in [6.07, 6.45) is -2.26. The first-order chi connectivity index (χ1) is 21.0. The van der Waals surface area contributed by atoms with Gasteiger partial charge in [-0.2, -0.15) is 8.62 Å². The van der Waals surface area contributed by atoms with E-state index < -0.39 is 60.4 Å². The van der Waals surface area contributed by atoms with Crippen molar-refractivity contribution in [2.45, 2.75) is 44.6 Å². The number of aromatic nitrogens is 4. The molecular weight excluding hydrogens is 667 g/mol. The van der Waals surface area contributed by atoms with Crippen LogP contribution in [0.1, 0.15) is 42.8 Å². The van der Waals surface area contributed by atoms with E-state index in [1.807, 2.05) is 0 Å². The van der Waals surface area contributed by atoms with Gasteiger partial charge in [-0.3, -0.25) is 18.7 Å². The number of anilines is 1. The molecule has 1 aliphatic rings. The normalized spacial score (nSPS) is 21.1. The van der Waals surface area contributed by atoms with E-state index in [1.165, 1.54) is 17.8 Å². The lowest BCUT2D eigenvalue weighted by atomic mass is 10.2. The number of hydrogen-bond acceptors (Lipinski definition) is 14. The van der Waals surface area contributed by atoms with Crippen LogP contribution in [-0.4, -0.2) is 75.6 Å². The molecule has 244 valence electrons. The average Bonchev–Trinajstić information content (AvgIpc) is 3.53. The highest BCUT2D eigenvalue weighted by atomic mass is 31.3. The Morgan fingerprint density at radius 3 is 2.38 bits per heavy atom. The standard InChI is InChI=1S/C22H26N5O15P3/c1-13(28)7-8-18(29)38-10-16-15(40-44(34,35)42-45(36,37)41-43(31,32)33)9-17(39-16)27-12-25-19-20(23-11-24-21(19)27)26-22(30)14-5-3-2-4-6-14/h2-6,11-12,15-17H,7-10H2,1H3,(H,34,35)(H,36,37)(H2,31,32,33)(H,23,24,26,30)/t15-,16+,17+/m0/s1. The van der Waals surface area contributed by atoms with Crippen molar-refractivity contribution in [3.63, 3.8) is 0 Å². The molecule has 0 aliphatic carbocycles. The molecule has 0 spiro atoms. The van der Waals surface area contributed by atoms with Gasteiger partial charge in [0.25, 0.3) is 5.91 Å². The van der Waals surface area contributed by atoms with Crippen molar-refractivity contribution in [3.8, 4) is 0 Å². The number of nitrogens with one attached hydrogen (secondary N) is 1. The third-order valence-corrected chi connectivity index (χ3v) is 9.76. The van der Waals surface area contributed by atoms with E-state index in [2.05, 4.69) is 28.9 Å². The molecule has 23 heteroatoms. The monoisotopic (exact) mass is 693 g/mol. The maximum absolute atomic E-state index is 12.7.